The summed E-state index contributed by atoms with van der Waals surface area (Å²) in [4.78, 5) is 0. The molecular weight excluding hydrogens is 190 g/mol. The van der Waals surface area contributed by atoms with Gasteiger partial charge in [-0.15, -0.1) is 12.3 Å². The molecule has 1 aromatic carbocycles. The molecule has 0 spiro atoms. The monoisotopic (exact) mass is 203 g/mol. The van der Waals surface area contributed by atoms with Gasteiger partial charge in [-0.05, 0) is 19.1 Å². The minimum Gasteiger partial charge on any atom is -0.493 e. The van der Waals surface area contributed by atoms with Crippen molar-refractivity contribution in [3.05, 3.63) is 29.8 Å². The van der Waals surface area contributed by atoms with Crippen molar-refractivity contribution in [2.75, 3.05) is 6.61 Å². The first kappa shape index (κ1) is 11.1. The van der Waals surface area contributed by atoms with E-state index in [0.717, 1.165) is 11.3 Å². The molecule has 1 aromatic rings. The Bertz CT molecular complexity index is 391. The Morgan fingerprint density at radius 3 is 3.07 bits per heavy atom. The van der Waals surface area contributed by atoms with Gasteiger partial charge in [0.1, 0.15) is 5.75 Å². The van der Waals surface area contributed by atoms with Gasteiger partial charge in [-0.2, -0.15) is 0 Å². The topological polar surface area (TPSA) is 41.8 Å². The number of hydrogen-bond donors (Lipinski definition) is 1. The van der Waals surface area contributed by atoms with E-state index in [-0.39, 0.29) is 0 Å². The zero-order valence-electron chi connectivity index (χ0n) is 8.60. The first-order valence-corrected chi connectivity index (χ1v) is 4.63. The van der Waals surface area contributed by atoms with Gasteiger partial charge in [0.05, 0.1) is 12.3 Å². The highest BCUT2D eigenvalue weighted by Gasteiger charge is 1.99. The second-order valence-electron chi connectivity index (χ2n) is 3.02. The molecule has 0 fully saturated rings. The van der Waals surface area contributed by atoms with Crippen LogP contribution in [0.2, 0.25) is 0 Å². The molecule has 0 radical (unpaired) electrons. The lowest BCUT2D eigenvalue weighted by molar-refractivity contribution is 0.318. The van der Waals surface area contributed by atoms with E-state index in [1.54, 1.807) is 6.92 Å². The van der Waals surface area contributed by atoms with Crippen LogP contribution in [0.3, 0.4) is 0 Å². The van der Waals surface area contributed by atoms with Crippen LogP contribution in [0.25, 0.3) is 0 Å². The van der Waals surface area contributed by atoms with Crippen LogP contribution >= 0.6 is 0 Å². The molecule has 0 unspecified atom stereocenters. The van der Waals surface area contributed by atoms with Crippen molar-refractivity contribution in [1.82, 2.24) is 0 Å². The van der Waals surface area contributed by atoms with Gasteiger partial charge in [0.15, 0.2) is 0 Å². The summed E-state index contributed by atoms with van der Waals surface area (Å²) in [5.74, 6) is 3.23. The molecule has 0 aliphatic heterocycles. The van der Waals surface area contributed by atoms with E-state index in [4.69, 9.17) is 16.4 Å². The quantitative estimate of drug-likeness (QED) is 0.268. The third-order valence-corrected chi connectivity index (χ3v) is 1.92. The Morgan fingerprint density at radius 2 is 2.40 bits per heavy atom. The van der Waals surface area contributed by atoms with Crippen molar-refractivity contribution in [1.29, 1.82) is 0 Å². The molecule has 78 valence electrons. The van der Waals surface area contributed by atoms with Crippen molar-refractivity contribution >= 4 is 5.71 Å². The van der Waals surface area contributed by atoms with E-state index in [0.29, 0.717) is 18.7 Å². The van der Waals surface area contributed by atoms with Crippen LogP contribution in [0.15, 0.2) is 29.4 Å². The fourth-order valence-corrected chi connectivity index (χ4v) is 1.10. The Hall–Kier alpha value is -1.95. The fraction of sp³-hybridized carbons (Fsp3) is 0.250. The van der Waals surface area contributed by atoms with Crippen LogP contribution in [0, 0.1) is 12.3 Å². The highest BCUT2D eigenvalue weighted by molar-refractivity contribution is 5.98. The number of rotatable bonds is 4. The Kier molecular flexibility index (Phi) is 4.24. The molecule has 3 heteroatoms. The average molecular weight is 203 g/mol. The molecule has 0 aliphatic rings. The molecule has 15 heavy (non-hydrogen) atoms. The van der Waals surface area contributed by atoms with Gasteiger partial charge in [-0.3, -0.25) is 0 Å². The summed E-state index contributed by atoms with van der Waals surface area (Å²) >= 11 is 0. The van der Waals surface area contributed by atoms with Crippen LogP contribution in [0.4, 0.5) is 0 Å². The van der Waals surface area contributed by atoms with E-state index in [1.807, 2.05) is 24.3 Å². The molecule has 0 saturated heterocycles. The molecule has 1 rings (SSSR count). The van der Waals surface area contributed by atoms with Gasteiger partial charge in [0.2, 0.25) is 0 Å². The fourth-order valence-electron chi connectivity index (χ4n) is 1.10. The van der Waals surface area contributed by atoms with Crippen molar-refractivity contribution in [2.45, 2.75) is 13.3 Å². The maximum atomic E-state index is 8.61. The molecule has 0 saturated carbocycles. The number of ether oxygens (including phenoxy) is 1. The second-order valence-corrected chi connectivity index (χ2v) is 3.02. The predicted molar refractivity (Wildman–Crippen MR) is 59.4 cm³/mol. The number of benzene rings is 1. The lowest BCUT2D eigenvalue weighted by Gasteiger charge is -2.05. The lowest BCUT2D eigenvalue weighted by Crippen LogP contribution is -1.98. The third-order valence-electron chi connectivity index (χ3n) is 1.92. The maximum Gasteiger partial charge on any atom is 0.120 e. The maximum absolute atomic E-state index is 8.61. The first-order chi connectivity index (χ1) is 7.27. The van der Waals surface area contributed by atoms with Gasteiger partial charge >= 0.3 is 0 Å². The summed E-state index contributed by atoms with van der Waals surface area (Å²) < 4.78 is 5.40. The summed E-state index contributed by atoms with van der Waals surface area (Å²) in [5.41, 5.74) is 1.38. The Morgan fingerprint density at radius 1 is 1.60 bits per heavy atom. The van der Waals surface area contributed by atoms with Gasteiger partial charge in [-0.25, -0.2) is 0 Å². The van der Waals surface area contributed by atoms with Gasteiger partial charge in [-0.1, -0.05) is 17.3 Å². The SMILES string of the molecule is C#CCCOc1cccc(/C(C)=N/O)c1. The van der Waals surface area contributed by atoms with E-state index < -0.39 is 0 Å². The van der Waals surface area contributed by atoms with Crippen LogP contribution in [0.5, 0.6) is 5.75 Å². The van der Waals surface area contributed by atoms with Crippen molar-refractivity contribution in [3.8, 4) is 18.1 Å². The zero-order valence-corrected chi connectivity index (χ0v) is 8.60. The number of terminal acetylenes is 1. The molecule has 0 atom stereocenters. The minimum absolute atomic E-state index is 0.495. The van der Waals surface area contributed by atoms with Crippen molar-refractivity contribution < 1.29 is 9.94 Å². The van der Waals surface area contributed by atoms with Gasteiger partial charge < -0.3 is 9.94 Å². The van der Waals surface area contributed by atoms with Crippen LogP contribution < -0.4 is 4.74 Å². The third kappa shape index (κ3) is 3.35. The van der Waals surface area contributed by atoms with Gasteiger partial charge in [0, 0.05) is 12.0 Å². The van der Waals surface area contributed by atoms with Crippen molar-refractivity contribution in [2.24, 2.45) is 5.16 Å². The lowest BCUT2D eigenvalue weighted by atomic mass is 10.1. The Labute approximate surface area is 89.4 Å². The molecular formula is C12H13NO2. The van der Waals surface area contributed by atoms with E-state index in [1.165, 1.54) is 0 Å². The summed E-state index contributed by atoms with van der Waals surface area (Å²) in [6.07, 6.45) is 5.69. The summed E-state index contributed by atoms with van der Waals surface area (Å²) in [6.45, 7) is 2.22. The van der Waals surface area contributed by atoms with E-state index in [9.17, 15) is 0 Å². The summed E-state index contributed by atoms with van der Waals surface area (Å²) in [7, 11) is 0. The molecule has 0 aliphatic carbocycles. The molecule has 1 N–H and O–H groups in total. The van der Waals surface area contributed by atoms with E-state index in [2.05, 4.69) is 11.1 Å². The zero-order chi connectivity index (χ0) is 11.1. The molecule has 0 aromatic heterocycles. The highest BCUT2D eigenvalue weighted by atomic mass is 16.5. The summed E-state index contributed by atoms with van der Waals surface area (Å²) in [5, 5.41) is 11.7. The number of oxime groups is 1. The number of hydrogen-bond acceptors (Lipinski definition) is 3. The smallest absolute Gasteiger partial charge is 0.120 e. The summed E-state index contributed by atoms with van der Waals surface area (Å²) in [6, 6.07) is 7.34. The van der Waals surface area contributed by atoms with Gasteiger partial charge in [0.25, 0.3) is 0 Å². The largest absolute Gasteiger partial charge is 0.493 e. The minimum atomic E-state index is 0.495. The normalized spacial score (nSPS) is 10.8. The Balaban J connectivity index is 2.71. The van der Waals surface area contributed by atoms with Crippen LogP contribution in [-0.4, -0.2) is 17.5 Å². The molecule has 0 amide bonds. The molecule has 0 bridgehead atoms. The van der Waals surface area contributed by atoms with Crippen LogP contribution in [-0.2, 0) is 0 Å². The number of nitrogens with zero attached hydrogens (tertiary/aromatic N) is 1. The second kappa shape index (κ2) is 5.71. The van der Waals surface area contributed by atoms with Crippen molar-refractivity contribution in [3.63, 3.8) is 0 Å². The standard InChI is InChI=1S/C12H13NO2/c1-3-4-8-15-12-7-5-6-11(9-12)10(2)13-14/h1,5-7,9,14H,4,8H2,2H3/b13-10+. The molecule has 3 nitrogen and oxygen atoms in total. The average Bonchev–Trinajstić information content (AvgIpc) is 2.29. The van der Waals surface area contributed by atoms with Crippen LogP contribution in [0.1, 0.15) is 18.9 Å². The molecule has 0 heterocycles. The first-order valence-electron chi connectivity index (χ1n) is 4.63. The predicted octanol–water partition coefficient (Wildman–Crippen LogP) is 2.29. The highest BCUT2D eigenvalue weighted by Crippen LogP contribution is 2.14. The van der Waals surface area contributed by atoms with E-state index >= 15 is 0 Å².